The van der Waals surface area contributed by atoms with Gasteiger partial charge in [0.2, 0.25) is 0 Å². The molecule has 5 heteroatoms. The van der Waals surface area contributed by atoms with Crippen LogP contribution in [0, 0.1) is 27.9 Å². The number of nitro benzene ring substituents is 1. The number of thiol groups is 1. The van der Waals surface area contributed by atoms with Crippen molar-refractivity contribution in [2.45, 2.75) is 68.6 Å². The predicted molar refractivity (Wildman–Crippen MR) is 101 cm³/mol. The fourth-order valence-corrected chi connectivity index (χ4v) is 6.28. The Bertz CT molecular complexity index is 652. The van der Waals surface area contributed by atoms with Crippen LogP contribution < -0.4 is 4.74 Å². The molecule has 0 atom stereocenters. The summed E-state index contributed by atoms with van der Waals surface area (Å²) in [5, 5.41) is 11.4. The van der Waals surface area contributed by atoms with Crippen molar-refractivity contribution in [1.82, 2.24) is 0 Å². The van der Waals surface area contributed by atoms with Crippen molar-refractivity contribution in [3.63, 3.8) is 0 Å². The first-order chi connectivity index (χ1) is 12.0. The molecule has 1 aromatic carbocycles. The van der Waals surface area contributed by atoms with Crippen molar-refractivity contribution in [3.8, 4) is 5.75 Å². The minimum Gasteiger partial charge on any atom is -0.493 e. The molecule has 4 nitrogen and oxygen atoms in total. The summed E-state index contributed by atoms with van der Waals surface area (Å²) in [6.07, 6.45) is 9.82. The third-order valence-corrected chi connectivity index (χ3v) is 7.00. The van der Waals surface area contributed by atoms with Gasteiger partial charge in [0, 0.05) is 5.56 Å². The summed E-state index contributed by atoms with van der Waals surface area (Å²) >= 11 is 4.44. The molecule has 4 bridgehead atoms. The monoisotopic (exact) mass is 361 g/mol. The second-order valence-corrected chi connectivity index (χ2v) is 8.98. The molecule has 0 N–H and O–H groups in total. The Kier molecular flexibility index (Phi) is 4.47. The lowest BCUT2D eigenvalue weighted by atomic mass is 9.48. The lowest BCUT2D eigenvalue weighted by Gasteiger charge is -2.57. The van der Waals surface area contributed by atoms with Crippen LogP contribution in [0.1, 0.15) is 63.9 Å². The second-order valence-electron chi connectivity index (χ2n) is 8.49. The Morgan fingerprint density at radius 1 is 1.20 bits per heavy atom. The normalized spacial score (nSPS) is 32.8. The average Bonchev–Trinajstić information content (AvgIpc) is 2.54. The van der Waals surface area contributed by atoms with Crippen LogP contribution in [0.5, 0.6) is 5.75 Å². The van der Waals surface area contributed by atoms with Gasteiger partial charge in [0.15, 0.2) is 0 Å². The van der Waals surface area contributed by atoms with Crippen LogP contribution in [0.25, 0.3) is 0 Å². The van der Waals surface area contributed by atoms with Gasteiger partial charge in [-0.15, -0.1) is 12.6 Å². The maximum absolute atomic E-state index is 11.4. The highest BCUT2D eigenvalue weighted by molar-refractivity contribution is 7.80. The molecule has 0 unspecified atom stereocenters. The molecule has 4 aliphatic carbocycles. The molecule has 1 aromatic rings. The third kappa shape index (κ3) is 3.05. The average molecular weight is 362 g/mol. The molecule has 0 spiro atoms. The highest BCUT2D eigenvalue weighted by Crippen LogP contribution is 2.62. The summed E-state index contributed by atoms with van der Waals surface area (Å²) in [6.45, 7) is 2.75. The molecule has 0 heterocycles. The molecule has 136 valence electrons. The first-order valence-electron chi connectivity index (χ1n) is 9.65. The summed E-state index contributed by atoms with van der Waals surface area (Å²) in [7, 11) is 0. The van der Waals surface area contributed by atoms with E-state index in [0.717, 1.165) is 36.3 Å². The smallest absolute Gasteiger partial charge is 0.286 e. The lowest BCUT2D eigenvalue weighted by molar-refractivity contribution is -0.387. The van der Waals surface area contributed by atoms with E-state index in [9.17, 15) is 10.1 Å². The summed E-state index contributed by atoms with van der Waals surface area (Å²) in [4.78, 5) is 11.5. The SMILES string of the molecule is CCCCOc1cc([N+](=O)[O-])c(S)cc1C12CC3CC(CC(C3)C1)C2. The van der Waals surface area contributed by atoms with Gasteiger partial charge >= 0.3 is 0 Å². The van der Waals surface area contributed by atoms with Crippen molar-refractivity contribution in [3.05, 3.63) is 27.8 Å². The number of unbranched alkanes of at least 4 members (excludes halogenated alkanes) is 1. The van der Waals surface area contributed by atoms with E-state index in [4.69, 9.17) is 4.74 Å². The summed E-state index contributed by atoms with van der Waals surface area (Å²) in [5.41, 5.74) is 1.41. The van der Waals surface area contributed by atoms with Crippen LogP contribution in [0.15, 0.2) is 17.0 Å². The van der Waals surface area contributed by atoms with Gasteiger partial charge in [0.1, 0.15) is 5.75 Å². The molecule has 5 rings (SSSR count). The van der Waals surface area contributed by atoms with Gasteiger partial charge in [-0.2, -0.15) is 0 Å². The molecule has 0 radical (unpaired) electrons. The highest BCUT2D eigenvalue weighted by atomic mass is 32.1. The molecule has 25 heavy (non-hydrogen) atoms. The molecular weight excluding hydrogens is 334 g/mol. The van der Waals surface area contributed by atoms with Crippen LogP contribution in [-0.2, 0) is 5.41 Å². The zero-order valence-electron chi connectivity index (χ0n) is 14.9. The fourth-order valence-electron chi connectivity index (χ4n) is 6.00. The molecular formula is C20H27NO3S. The number of hydrogen-bond donors (Lipinski definition) is 1. The number of benzene rings is 1. The van der Waals surface area contributed by atoms with Gasteiger partial charge < -0.3 is 4.74 Å². The minimum absolute atomic E-state index is 0.0586. The molecule has 4 aliphatic rings. The molecule has 0 aromatic heterocycles. The van der Waals surface area contributed by atoms with E-state index in [-0.39, 0.29) is 16.0 Å². The number of nitro groups is 1. The van der Waals surface area contributed by atoms with Gasteiger partial charge in [-0.1, -0.05) is 13.3 Å². The number of ether oxygens (including phenoxy) is 1. The van der Waals surface area contributed by atoms with E-state index >= 15 is 0 Å². The number of rotatable bonds is 6. The van der Waals surface area contributed by atoms with E-state index in [1.807, 2.05) is 6.07 Å². The van der Waals surface area contributed by atoms with Crippen LogP contribution in [0.2, 0.25) is 0 Å². The topological polar surface area (TPSA) is 52.4 Å². The van der Waals surface area contributed by atoms with Crippen LogP contribution in [0.4, 0.5) is 5.69 Å². The van der Waals surface area contributed by atoms with E-state index in [1.54, 1.807) is 6.07 Å². The van der Waals surface area contributed by atoms with Crippen molar-refractivity contribution in [2.75, 3.05) is 6.61 Å². The zero-order chi connectivity index (χ0) is 17.6. The first kappa shape index (κ1) is 17.2. The fraction of sp³-hybridized carbons (Fsp3) is 0.700. The Morgan fingerprint density at radius 2 is 1.80 bits per heavy atom. The maximum atomic E-state index is 11.4. The lowest BCUT2D eigenvalue weighted by Crippen LogP contribution is -2.48. The summed E-state index contributed by atoms with van der Waals surface area (Å²) in [5.74, 6) is 3.22. The molecule has 4 fully saturated rings. The first-order valence-corrected chi connectivity index (χ1v) is 10.1. The van der Waals surface area contributed by atoms with E-state index < -0.39 is 0 Å². The zero-order valence-corrected chi connectivity index (χ0v) is 15.8. The van der Waals surface area contributed by atoms with E-state index in [0.29, 0.717) is 11.5 Å². The number of nitrogens with zero attached hydrogens (tertiary/aromatic N) is 1. The van der Waals surface area contributed by atoms with Crippen molar-refractivity contribution in [2.24, 2.45) is 17.8 Å². The third-order valence-electron chi connectivity index (χ3n) is 6.64. The van der Waals surface area contributed by atoms with Gasteiger partial charge in [0.25, 0.3) is 5.69 Å². The van der Waals surface area contributed by atoms with Crippen LogP contribution >= 0.6 is 12.6 Å². The van der Waals surface area contributed by atoms with Gasteiger partial charge in [-0.25, -0.2) is 0 Å². The Hall–Kier alpha value is -1.23. The van der Waals surface area contributed by atoms with Gasteiger partial charge in [-0.05, 0) is 74.2 Å². The standard InChI is InChI=1S/C20H27NO3S/c1-2-3-4-24-18-9-17(21(22)23)19(25)8-16(18)20-10-13-5-14(11-20)7-15(6-13)12-20/h8-9,13-15,25H,2-7,10-12H2,1H3. The van der Waals surface area contributed by atoms with E-state index in [2.05, 4.69) is 19.6 Å². The van der Waals surface area contributed by atoms with Crippen molar-refractivity contribution in [1.29, 1.82) is 0 Å². The van der Waals surface area contributed by atoms with Crippen molar-refractivity contribution >= 4 is 18.3 Å². The minimum atomic E-state index is -0.349. The van der Waals surface area contributed by atoms with Crippen LogP contribution in [-0.4, -0.2) is 11.5 Å². The van der Waals surface area contributed by atoms with Gasteiger partial charge in [-0.3, -0.25) is 10.1 Å². The highest BCUT2D eigenvalue weighted by Gasteiger charge is 2.52. The van der Waals surface area contributed by atoms with Crippen molar-refractivity contribution < 1.29 is 9.66 Å². The quantitative estimate of drug-likeness (QED) is 0.314. The Morgan fingerprint density at radius 3 is 2.32 bits per heavy atom. The molecule has 0 saturated heterocycles. The summed E-state index contributed by atoms with van der Waals surface area (Å²) in [6, 6.07) is 3.58. The maximum Gasteiger partial charge on any atom is 0.286 e. The largest absolute Gasteiger partial charge is 0.493 e. The molecule has 0 aliphatic heterocycles. The van der Waals surface area contributed by atoms with Crippen LogP contribution in [0.3, 0.4) is 0 Å². The molecule has 4 saturated carbocycles. The summed E-state index contributed by atoms with van der Waals surface area (Å²) < 4.78 is 6.07. The Labute approximate surface area is 154 Å². The number of hydrogen-bond acceptors (Lipinski definition) is 4. The Balaban J connectivity index is 1.74. The second kappa shape index (κ2) is 6.49. The predicted octanol–water partition coefficient (Wildman–Crippen LogP) is 5.53. The molecule has 0 amide bonds. The van der Waals surface area contributed by atoms with E-state index in [1.165, 1.54) is 44.1 Å². The van der Waals surface area contributed by atoms with Gasteiger partial charge in [0.05, 0.1) is 22.5 Å².